The van der Waals surface area contributed by atoms with Crippen LogP contribution in [0, 0.1) is 5.92 Å². The number of primary amides is 1. The van der Waals surface area contributed by atoms with Crippen LogP contribution in [0.15, 0.2) is 58.5 Å². The number of aromatic nitrogens is 2. The van der Waals surface area contributed by atoms with E-state index in [2.05, 4.69) is 10.3 Å². The molecule has 0 aliphatic heterocycles. The van der Waals surface area contributed by atoms with Crippen molar-refractivity contribution in [3.63, 3.8) is 0 Å². The second kappa shape index (κ2) is 8.91. The Morgan fingerprint density at radius 2 is 1.83 bits per heavy atom. The first-order valence-electron chi connectivity index (χ1n) is 9.17. The molecule has 3 aromatic rings. The molecule has 0 aliphatic rings. The molecule has 1 heterocycles. The van der Waals surface area contributed by atoms with Gasteiger partial charge in [0.05, 0.1) is 16.7 Å². The van der Waals surface area contributed by atoms with Gasteiger partial charge in [0.1, 0.15) is 0 Å². The molecule has 3 rings (SSSR count). The summed E-state index contributed by atoms with van der Waals surface area (Å²) in [4.78, 5) is 40.9. The Bertz CT molecular complexity index is 1110. The largest absolute Gasteiger partial charge is 0.366 e. The fraction of sp³-hybridized carbons (Fsp3) is 0.238. The van der Waals surface area contributed by atoms with Gasteiger partial charge in [-0.1, -0.05) is 37.7 Å². The van der Waals surface area contributed by atoms with Crippen LogP contribution in [0.4, 0.5) is 5.69 Å². The predicted octanol–water partition coefficient (Wildman–Crippen LogP) is 2.88. The van der Waals surface area contributed by atoms with Crippen molar-refractivity contribution in [3.05, 3.63) is 64.4 Å². The number of anilines is 1. The molecule has 29 heavy (non-hydrogen) atoms. The number of fused-ring (bicyclic) bond motifs is 1. The molecular weight excluding hydrogens is 388 g/mol. The van der Waals surface area contributed by atoms with Gasteiger partial charge < -0.3 is 11.1 Å². The van der Waals surface area contributed by atoms with Gasteiger partial charge in [-0.05, 0) is 42.3 Å². The number of carbonyl (C=O) groups excluding carboxylic acids is 2. The second-order valence-electron chi connectivity index (χ2n) is 7.00. The molecule has 0 saturated heterocycles. The van der Waals surface area contributed by atoms with Gasteiger partial charge in [-0.15, -0.1) is 0 Å². The minimum Gasteiger partial charge on any atom is -0.366 e. The third-order valence-electron chi connectivity index (χ3n) is 4.16. The van der Waals surface area contributed by atoms with Gasteiger partial charge in [0.25, 0.3) is 5.56 Å². The summed E-state index contributed by atoms with van der Waals surface area (Å²) >= 11 is 1.22. The van der Waals surface area contributed by atoms with Crippen LogP contribution in [0.3, 0.4) is 0 Å². The van der Waals surface area contributed by atoms with Gasteiger partial charge in [0, 0.05) is 17.8 Å². The van der Waals surface area contributed by atoms with E-state index in [0.717, 1.165) is 0 Å². The van der Waals surface area contributed by atoms with Crippen LogP contribution in [0.1, 0.15) is 24.2 Å². The van der Waals surface area contributed by atoms with E-state index in [0.29, 0.717) is 33.9 Å². The highest BCUT2D eigenvalue weighted by Gasteiger charge is 2.14. The number of amides is 2. The van der Waals surface area contributed by atoms with E-state index in [4.69, 9.17) is 5.73 Å². The molecule has 0 saturated carbocycles. The Kier molecular flexibility index (Phi) is 6.33. The van der Waals surface area contributed by atoms with E-state index in [9.17, 15) is 14.4 Å². The van der Waals surface area contributed by atoms with Gasteiger partial charge in [0.15, 0.2) is 5.16 Å². The quantitative estimate of drug-likeness (QED) is 0.460. The molecule has 0 bridgehead atoms. The monoisotopic (exact) mass is 410 g/mol. The SMILES string of the molecule is CC(C)Cn1c(SCC(=O)Nc2ccc(C(N)=O)cc2)nc2ccccc2c1=O. The number of rotatable bonds is 7. The van der Waals surface area contributed by atoms with Crippen molar-refractivity contribution in [2.45, 2.75) is 25.5 Å². The highest BCUT2D eigenvalue weighted by Crippen LogP contribution is 2.19. The highest BCUT2D eigenvalue weighted by atomic mass is 32.2. The lowest BCUT2D eigenvalue weighted by molar-refractivity contribution is -0.113. The summed E-state index contributed by atoms with van der Waals surface area (Å²) in [5.41, 5.74) is 6.66. The Morgan fingerprint density at radius 3 is 2.48 bits per heavy atom. The molecule has 1 aromatic heterocycles. The summed E-state index contributed by atoms with van der Waals surface area (Å²) in [6.07, 6.45) is 0. The van der Waals surface area contributed by atoms with Gasteiger partial charge >= 0.3 is 0 Å². The van der Waals surface area contributed by atoms with Crippen molar-refractivity contribution < 1.29 is 9.59 Å². The maximum atomic E-state index is 12.9. The lowest BCUT2D eigenvalue weighted by Gasteiger charge is -2.15. The molecule has 8 heteroatoms. The van der Waals surface area contributed by atoms with Crippen LogP contribution in [0.5, 0.6) is 0 Å². The Hall–Kier alpha value is -3.13. The van der Waals surface area contributed by atoms with Gasteiger partial charge in [-0.3, -0.25) is 19.0 Å². The molecule has 0 aliphatic carbocycles. The van der Waals surface area contributed by atoms with Crippen molar-refractivity contribution in [2.75, 3.05) is 11.1 Å². The second-order valence-corrected chi connectivity index (χ2v) is 7.94. The number of hydrogen-bond donors (Lipinski definition) is 2. The van der Waals surface area contributed by atoms with E-state index in [1.165, 1.54) is 11.8 Å². The van der Waals surface area contributed by atoms with Crippen LogP contribution in [0.2, 0.25) is 0 Å². The third-order valence-corrected chi connectivity index (χ3v) is 5.14. The van der Waals surface area contributed by atoms with Gasteiger partial charge in [-0.25, -0.2) is 4.98 Å². The molecule has 3 N–H and O–H groups in total. The Morgan fingerprint density at radius 1 is 1.14 bits per heavy atom. The zero-order valence-corrected chi connectivity index (χ0v) is 17.0. The first kappa shape index (κ1) is 20.6. The lowest BCUT2D eigenvalue weighted by atomic mass is 10.2. The van der Waals surface area contributed by atoms with E-state index in [-0.39, 0.29) is 23.1 Å². The van der Waals surface area contributed by atoms with Crippen molar-refractivity contribution >= 4 is 40.2 Å². The van der Waals surface area contributed by atoms with Crippen LogP contribution in [-0.2, 0) is 11.3 Å². The average molecular weight is 410 g/mol. The first-order valence-corrected chi connectivity index (χ1v) is 10.2. The van der Waals surface area contributed by atoms with Crippen molar-refractivity contribution in [1.29, 1.82) is 0 Å². The molecule has 2 amide bonds. The summed E-state index contributed by atoms with van der Waals surface area (Å²) < 4.78 is 1.63. The fourth-order valence-corrected chi connectivity index (χ4v) is 3.64. The normalized spacial score (nSPS) is 11.0. The van der Waals surface area contributed by atoms with E-state index < -0.39 is 5.91 Å². The van der Waals surface area contributed by atoms with E-state index in [1.54, 1.807) is 41.0 Å². The molecule has 2 aromatic carbocycles. The molecular formula is C21H22N4O3S. The summed E-state index contributed by atoms with van der Waals surface area (Å²) in [5, 5.41) is 3.84. The number of thioether (sulfide) groups is 1. The zero-order chi connectivity index (χ0) is 21.0. The summed E-state index contributed by atoms with van der Waals surface area (Å²) in [7, 11) is 0. The molecule has 0 radical (unpaired) electrons. The summed E-state index contributed by atoms with van der Waals surface area (Å²) in [5.74, 6) is -0.405. The number of benzene rings is 2. The highest BCUT2D eigenvalue weighted by molar-refractivity contribution is 7.99. The van der Waals surface area contributed by atoms with Crippen molar-refractivity contribution in [3.8, 4) is 0 Å². The Labute approximate surface area is 172 Å². The van der Waals surface area contributed by atoms with Crippen LogP contribution in [-0.4, -0.2) is 27.1 Å². The first-order chi connectivity index (χ1) is 13.8. The molecule has 0 unspecified atom stereocenters. The number of nitrogens with two attached hydrogens (primary N) is 1. The van der Waals surface area contributed by atoms with Crippen LogP contribution in [0.25, 0.3) is 10.9 Å². The minimum absolute atomic E-state index is 0.0977. The van der Waals surface area contributed by atoms with Crippen LogP contribution >= 0.6 is 11.8 Å². The smallest absolute Gasteiger partial charge is 0.262 e. The molecule has 0 fully saturated rings. The van der Waals surface area contributed by atoms with Gasteiger partial charge in [0.2, 0.25) is 11.8 Å². The van der Waals surface area contributed by atoms with Crippen LogP contribution < -0.4 is 16.6 Å². The summed E-state index contributed by atoms with van der Waals surface area (Å²) in [6, 6.07) is 13.5. The van der Waals surface area contributed by atoms with Crippen molar-refractivity contribution in [2.24, 2.45) is 11.7 Å². The summed E-state index contributed by atoms with van der Waals surface area (Å²) in [6.45, 7) is 4.58. The molecule has 7 nitrogen and oxygen atoms in total. The third kappa shape index (κ3) is 5.03. The fourth-order valence-electron chi connectivity index (χ4n) is 2.83. The van der Waals surface area contributed by atoms with E-state index in [1.807, 2.05) is 26.0 Å². The average Bonchev–Trinajstić information content (AvgIpc) is 2.69. The number of nitrogens with one attached hydrogen (secondary N) is 1. The van der Waals surface area contributed by atoms with E-state index >= 15 is 0 Å². The zero-order valence-electron chi connectivity index (χ0n) is 16.2. The van der Waals surface area contributed by atoms with Crippen molar-refractivity contribution in [1.82, 2.24) is 9.55 Å². The topological polar surface area (TPSA) is 107 Å². The lowest BCUT2D eigenvalue weighted by Crippen LogP contribution is -2.26. The number of carbonyl (C=O) groups is 2. The standard InChI is InChI=1S/C21H22N4O3S/c1-13(2)11-25-20(28)16-5-3-4-6-17(16)24-21(25)29-12-18(26)23-15-9-7-14(8-10-15)19(22)27/h3-10,13H,11-12H2,1-2H3,(H2,22,27)(H,23,26). The number of nitrogens with zero attached hydrogens (tertiary/aromatic N) is 2. The minimum atomic E-state index is -0.524. The maximum absolute atomic E-state index is 12.9. The predicted molar refractivity (Wildman–Crippen MR) is 115 cm³/mol. The molecule has 150 valence electrons. The maximum Gasteiger partial charge on any atom is 0.262 e. The molecule has 0 atom stereocenters. The number of hydrogen-bond acceptors (Lipinski definition) is 5. The molecule has 0 spiro atoms. The number of para-hydroxylation sites is 1. The Balaban J connectivity index is 1.77. The van der Waals surface area contributed by atoms with Gasteiger partial charge in [-0.2, -0.15) is 0 Å².